The lowest BCUT2D eigenvalue weighted by Gasteiger charge is -2.41. The number of carbonyl (C=O) groups is 1. The third kappa shape index (κ3) is 3.73. The molecule has 1 amide bonds. The van der Waals surface area contributed by atoms with Crippen molar-refractivity contribution in [2.75, 3.05) is 26.2 Å². The highest BCUT2D eigenvalue weighted by molar-refractivity contribution is 5.82. The highest BCUT2D eigenvalue weighted by Gasteiger charge is 2.34. The maximum Gasteiger partial charge on any atom is 0.240 e. The Morgan fingerprint density at radius 3 is 2.10 bits per heavy atom. The summed E-state index contributed by atoms with van der Waals surface area (Å²) in [4.78, 5) is 17.0. The van der Waals surface area contributed by atoms with Gasteiger partial charge in [0.1, 0.15) is 0 Å². The molecule has 0 aliphatic carbocycles. The molecule has 2 N–H and O–H groups in total. The van der Waals surface area contributed by atoms with Gasteiger partial charge >= 0.3 is 0 Å². The van der Waals surface area contributed by atoms with Crippen LogP contribution in [0.1, 0.15) is 52.9 Å². The van der Waals surface area contributed by atoms with E-state index in [9.17, 15) is 4.79 Å². The molecule has 2 fully saturated rings. The van der Waals surface area contributed by atoms with E-state index in [1.165, 1.54) is 32.4 Å². The van der Waals surface area contributed by atoms with Gasteiger partial charge in [-0.25, -0.2) is 0 Å². The predicted molar refractivity (Wildman–Crippen MR) is 82.5 cm³/mol. The second-order valence-electron chi connectivity index (χ2n) is 7.50. The van der Waals surface area contributed by atoms with Crippen LogP contribution in [-0.2, 0) is 4.79 Å². The minimum atomic E-state index is -0.381. The molecule has 4 nitrogen and oxygen atoms in total. The van der Waals surface area contributed by atoms with Gasteiger partial charge in [-0.05, 0) is 44.2 Å². The fourth-order valence-corrected chi connectivity index (χ4v) is 3.30. The van der Waals surface area contributed by atoms with Crippen LogP contribution in [0.5, 0.6) is 0 Å². The highest BCUT2D eigenvalue weighted by Crippen LogP contribution is 2.24. The Labute approximate surface area is 123 Å². The molecule has 0 bridgehead atoms. The Kier molecular flexibility index (Phi) is 5.08. The zero-order chi connectivity index (χ0) is 14.8. The number of carbonyl (C=O) groups excluding carboxylic acids is 1. The monoisotopic (exact) mass is 281 g/mol. The Balaban J connectivity index is 1.83. The predicted octanol–water partition coefficient (Wildman–Crippen LogP) is 1.84. The fraction of sp³-hybridized carbons (Fsp3) is 0.938. The number of nitrogens with two attached hydrogens (primary N) is 1. The van der Waals surface area contributed by atoms with Gasteiger partial charge in [-0.2, -0.15) is 0 Å². The first kappa shape index (κ1) is 15.8. The number of hydrogen-bond acceptors (Lipinski definition) is 3. The smallest absolute Gasteiger partial charge is 0.240 e. The molecular weight excluding hydrogens is 250 g/mol. The van der Waals surface area contributed by atoms with Crippen molar-refractivity contribution in [3.05, 3.63) is 0 Å². The summed E-state index contributed by atoms with van der Waals surface area (Å²) in [5.41, 5.74) is 5.95. The van der Waals surface area contributed by atoms with E-state index in [2.05, 4.69) is 4.90 Å². The molecule has 2 aliphatic rings. The molecule has 116 valence electrons. The summed E-state index contributed by atoms with van der Waals surface area (Å²) in [6.45, 7) is 10.4. The van der Waals surface area contributed by atoms with Gasteiger partial charge in [0, 0.05) is 19.1 Å². The van der Waals surface area contributed by atoms with Crippen LogP contribution in [0.2, 0.25) is 0 Å². The maximum atomic E-state index is 12.4. The van der Waals surface area contributed by atoms with Gasteiger partial charge in [-0.3, -0.25) is 4.79 Å². The first-order valence-corrected chi connectivity index (χ1v) is 8.18. The van der Waals surface area contributed by atoms with Gasteiger partial charge in [0.15, 0.2) is 0 Å². The molecule has 0 aromatic heterocycles. The topological polar surface area (TPSA) is 49.6 Å². The van der Waals surface area contributed by atoms with Crippen molar-refractivity contribution in [2.45, 2.75) is 65.0 Å². The summed E-state index contributed by atoms with van der Waals surface area (Å²) in [6, 6.07) is 0.305. The van der Waals surface area contributed by atoms with Gasteiger partial charge in [0.05, 0.1) is 6.04 Å². The zero-order valence-corrected chi connectivity index (χ0v) is 13.4. The van der Waals surface area contributed by atoms with Gasteiger partial charge in [-0.1, -0.05) is 27.2 Å². The summed E-state index contributed by atoms with van der Waals surface area (Å²) in [5.74, 6) is 0.134. The Hall–Kier alpha value is -0.610. The minimum Gasteiger partial charge on any atom is -0.341 e. The van der Waals surface area contributed by atoms with Crippen LogP contribution in [0, 0.1) is 5.41 Å². The van der Waals surface area contributed by atoms with E-state index in [-0.39, 0.29) is 17.4 Å². The number of hydrogen-bond donors (Lipinski definition) is 1. The van der Waals surface area contributed by atoms with Gasteiger partial charge < -0.3 is 15.5 Å². The molecule has 1 unspecified atom stereocenters. The summed E-state index contributed by atoms with van der Waals surface area (Å²) in [6.07, 6.45) is 6.29. The Morgan fingerprint density at radius 2 is 1.60 bits per heavy atom. The summed E-state index contributed by atoms with van der Waals surface area (Å²) in [5, 5.41) is 0. The van der Waals surface area contributed by atoms with Gasteiger partial charge in [-0.15, -0.1) is 0 Å². The molecule has 2 rings (SSSR count). The molecule has 2 heterocycles. The average Bonchev–Trinajstić information content (AvgIpc) is 2.46. The maximum absolute atomic E-state index is 12.4. The third-order valence-corrected chi connectivity index (χ3v) is 4.88. The molecule has 0 radical (unpaired) electrons. The first-order valence-electron chi connectivity index (χ1n) is 8.18. The summed E-state index contributed by atoms with van der Waals surface area (Å²) < 4.78 is 0. The molecule has 2 aliphatic heterocycles. The number of likely N-dealkylation sites (tertiary alicyclic amines) is 2. The minimum absolute atomic E-state index is 0.134. The van der Waals surface area contributed by atoms with Crippen molar-refractivity contribution < 1.29 is 4.79 Å². The number of rotatable bonds is 2. The van der Waals surface area contributed by atoms with Crippen LogP contribution in [-0.4, -0.2) is 54.0 Å². The molecule has 0 spiro atoms. The SMILES string of the molecule is CC(C)(C)C(N)C(=O)N1CCC(N2CCCCC2)CC1. The van der Waals surface area contributed by atoms with Crippen LogP contribution >= 0.6 is 0 Å². The van der Waals surface area contributed by atoms with E-state index in [4.69, 9.17) is 5.73 Å². The number of nitrogens with zero attached hydrogens (tertiary/aromatic N) is 2. The van der Waals surface area contributed by atoms with Crippen LogP contribution in [0.4, 0.5) is 0 Å². The highest BCUT2D eigenvalue weighted by atomic mass is 16.2. The molecule has 0 aromatic carbocycles. The standard InChI is InChI=1S/C16H31N3O/c1-16(2,3)14(17)15(20)19-11-7-13(8-12-19)18-9-5-4-6-10-18/h13-14H,4-12,17H2,1-3H3. The van der Waals surface area contributed by atoms with Crippen molar-refractivity contribution in [3.8, 4) is 0 Å². The lowest BCUT2D eigenvalue weighted by atomic mass is 9.86. The molecule has 20 heavy (non-hydrogen) atoms. The van der Waals surface area contributed by atoms with E-state index in [1.54, 1.807) is 0 Å². The van der Waals surface area contributed by atoms with Crippen molar-refractivity contribution in [1.29, 1.82) is 0 Å². The van der Waals surface area contributed by atoms with Crippen molar-refractivity contribution in [1.82, 2.24) is 9.80 Å². The Morgan fingerprint density at radius 1 is 1.05 bits per heavy atom. The lowest BCUT2D eigenvalue weighted by molar-refractivity contribution is -0.136. The zero-order valence-electron chi connectivity index (χ0n) is 13.4. The van der Waals surface area contributed by atoms with Gasteiger partial charge in [0.25, 0.3) is 0 Å². The number of piperidine rings is 2. The van der Waals surface area contributed by atoms with E-state index >= 15 is 0 Å². The quantitative estimate of drug-likeness (QED) is 0.840. The molecule has 1 atom stereocenters. The van der Waals surface area contributed by atoms with E-state index in [1.807, 2.05) is 25.7 Å². The van der Waals surface area contributed by atoms with E-state index in [0.717, 1.165) is 25.9 Å². The number of amides is 1. The molecular formula is C16H31N3O. The second kappa shape index (κ2) is 6.44. The second-order valence-corrected chi connectivity index (χ2v) is 7.50. The summed E-state index contributed by atoms with van der Waals surface area (Å²) in [7, 11) is 0. The van der Waals surface area contributed by atoms with Crippen LogP contribution in [0.15, 0.2) is 0 Å². The molecule has 0 aromatic rings. The molecule has 4 heteroatoms. The normalized spacial score (nSPS) is 24.7. The van der Waals surface area contributed by atoms with E-state index in [0.29, 0.717) is 6.04 Å². The molecule has 0 saturated carbocycles. The van der Waals surface area contributed by atoms with Crippen LogP contribution in [0.3, 0.4) is 0 Å². The summed E-state index contributed by atoms with van der Waals surface area (Å²) >= 11 is 0. The van der Waals surface area contributed by atoms with Crippen LogP contribution < -0.4 is 5.73 Å². The molecule has 2 saturated heterocycles. The lowest BCUT2D eigenvalue weighted by Crippen LogP contribution is -2.54. The largest absolute Gasteiger partial charge is 0.341 e. The van der Waals surface area contributed by atoms with Crippen LogP contribution in [0.25, 0.3) is 0 Å². The fourth-order valence-electron chi connectivity index (χ4n) is 3.30. The average molecular weight is 281 g/mol. The van der Waals surface area contributed by atoms with E-state index < -0.39 is 0 Å². The van der Waals surface area contributed by atoms with Crippen molar-refractivity contribution in [3.63, 3.8) is 0 Å². The third-order valence-electron chi connectivity index (χ3n) is 4.88. The van der Waals surface area contributed by atoms with Gasteiger partial charge in [0.2, 0.25) is 5.91 Å². The van der Waals surface area contributed by atoms with Crippen molar-refractivity contribution >= 4 is 5.91 Å². The first-order chi connectivity index (χ1) is 9.39. The van der Waals surface area contributed by atoms with Crippen molar-refractivity contribution in [2.24, 2.45) is 11.1 Å². The Bertz CT molecular complexity index is 323.